The standard InChI is InChI=1S/4ClH.Ti.Zr/h4*1H;;/q;;;;;+4/p-4. The number of hydrogen-bond donors (Lipinski definition) is 0. The van der Waals surface area contributed by atoms with Crippen molar-refractivity contribution in [3.05, 3.63) is 0 Å². The zero-order chi connectivity index (χ0) is 0. The summed E-state index contributed by atoms with van der Waals surface area (Å²) in [4.78, 5) is 0. The molecule has 0 aliphatic rings. The molecule has 0 fully saturated rings. The van der Waals surface area contributed by atoms with E-state index in [-0.39, 0.29) is 97.5 Å². The van der Waals surface area contributed by atoms with Gasteiger partial charge >= 0.3 is 26.2 Å². The molecule has 0 aromatic rings. The minimum Gasteiger partial charge on any atom is -1.00 e. The summed E-state index contributed by atoms with van der Waals surface area (Å²) in [5, 5.41) is 0. The predicted molar refractivity (Wildman–Crippen MR) is 0 cm³/mol. The molecule has 0 bridgehead atoms. The normalized spacial score (nSPS) is 0. The average Bonchev–Trinajstić information content (AvgIpc) is 0. The number of rotatable bonds is 0. The van der Waals surface area contributed by atoms with E-state index in [1.54, 1.807) is 0 Å². The van der Waals surface area contributed by atoms with E-state index in [0.717, 1.165) is 0 Å². The Morgan fingerprint density at radius 2 is 0.500 bits per heavy atom. The molecular formula is Cl4TiZr. The van der Waals surface area contributed by atoms with Crippen molar-refractivity contribution in [1.82, 2.24) is 0 Å². The van der Waals surface area contributed by atoms with Crippen molar-refractivity contribution >= 4 is 0 Å². The molecular weight excluding hydrogens is 281 g/mol. The first-order valence-corrected chi connectivity index (χ1v) is 0. The fourth-order valence-electron chi connectivity index (χ4n) is 0. The van der Waals surface area contributed by atoms with E-state index < -0.39 is 0 Å². The van der Waals surface area contributed by atoms with E-state index in [1.807, 2.05) is 0 Å². The molecule has 0 amide bonds. The van der Waals surface area contributed by atoms with Crippen LogP contribution in [0, 0.1) is 0 Å². The Kier molecular flexibility index (Phi) is 538. The van der Waals surface area contributed by atoms with Gasteiger partial charge in [0.2, 0.25) is 0 Å². The summed E-state index contributed by atoms with van der Waals surface area (Å²) in [7, 11) is 0. The van der Waals surface area contributed by atoms with Gasteiger partial charge in [-0.3, -0.25) is 0 Å². The van der Waals surface area contributed by atoms with Crippen LogP contribution in [0.5, 0.6) is 0 Å². The summed E-state index contributed by atoms with van der Waals surface area (Å²) in [5.41, 5.74) is 0. The Morgan fingerprint density at radius 3 is 0.500 bits per heavy atom. The van der Waals surface area contributed by atoms with Crippen LogP contribution in [0.3, 0.4) is 0 Å². The van der Waals surface area contributed by atoms with Crippen LogP contribution in [0.2, 0.25) is 0 Å². The molecule has 0 saturated carbocycles. The third-order valence-corrected chi connectivity index (χ3v) is 0. The first-order valence-electron chi connectivity index (χ1n) is 0. The molecule has 0 radical (unpaired) electrons. The number of halogens is 4. The van der Waals surface area contributed by atoms with Gasteiger partial charge in [-0.2, -0.15) is 0 Å². The predicted octanol–water partition coefficient (Wildman–Crippen LogP) is -12.0. The second-order valence-corrected chi connectivity index (χ2v) is 0. The Morgan fingerprint density at radius 1 is 0.500 bits per heavy atom. The molecule has 0 saturated heterocycles. The summed E-state index contributed by atoms with van der Waals surface area (Å²) in [6, 6.07) is 0. The summed E-state index contributed by atoms with van der Waals surface area (Å²) in [6.45, 7) is 0. The van der Waals surface area contributed by atoms with Gasteiger partial charge in [0.05, 0.1) is 0 Å². The van der Waals surface area contributed by atoms with Crippen LogP contribution in [-0.4, -0.2) is 0 Å². The van der Waals surface area contributed by atoms with Crippen LogP contribution < -0.4 is 49.6 Å². The van der Waals surface area contributed by atoms with Gasteiger partial charge in [-0.25, -0.2) is 0 Å². The van der Waals surface area contributed by atoms with Crippen LogP contribution in [0.15, 0.2) is 0 Å². The van der Waals surface area contributed by atoms with Crippen LogP contribution in [-0.2, 0) is 47.9 Å². The average molecular weight is 281 g/mol. The van der Waals surface area contributed by atoms with Crippen LogP contribution in [0.4, 0.5) is 0 Å². The van der Waals surface area contributed by atoms with Crippen LogP contribution in [0.25, 0.3) is 0 Å². The molecule has 0 aliphatic carbocycles. The Labute approximate surface area is 96.2 Å². The molecule has 0 atom stereocenters. The molecule has 36 valence electrons. The molecule has 0 aliphatic heterocycles. The third kappa shape index (κ3) is 29.5. The van der Waals surface area contributed by atoms with Gasteiger partial charge in [0.1, 0.15) is 0 Å². The molecule has 0 aromatic carbocycles. The van der Waals surface area contributed by atoms with Gasteiger partial charge in [0, 0.05) is 21.7 Å². The molecule has 0 unspecified atom stereocenters. The molecule has 0 heterocycles. The van der Waals surface area contributed by atoms with Crippen molar-refractivity contribution in [3.63, 3.8) is 0 Å². The largest absolute Gasteiger partial charge is 4.00 e. The molecule has 6 heteroatoms. The third-order valence-electron chi connectivity index (χ3n) is 0. The first kappa shape index (κ1) is 69.3. The van der Waals surface area contributed by atoms with Gasteiger partial charge < -0.3 is 49.6 Å². The van der Waals surface area contributed by atoms with E-state index in [2.05, 4.69) is 0 Å². The smallest absolute Gasteiger partial charge is 1.00 e. The van der Waals surface area contributed by atoms with E-state index in [0.29, 0.717) is 0 Å². The molecule has 6 heavy (non-hydrogen) atoms. The van der Waals surface area contributed by atoms with Crippen molar-refractivity contribution in [2.45, 2.75) is 0 Å². The second kappa shape index (κ2) is 46.6. The van der Waals surface area contributed by atoms with E-state index in [1.165, 1.54) is 0 Å². The Balaban J connectivity index is 0. The van der Waals surface area contributed by atoms with Crippen molar-refractivity contribution in [3.8, 4) is 0 Å². The topological polar surface area (TPSA) is 0 Å². The molecule has 0 N–H and O–H groups in total. The Hall–Kier alpha value is 2.76. The fraction of sp³-hybridized carbons (Fsp3) is 0. The van der Waals surface area contributed by atoms with Gasteiger partial charge in [-0.1, -0.05) is 0 Å². The maximum Gasteiger partial charge on any atom is 4.00 e. The van der Waals surface area contributed by atoms with Crippen LogP contribution >= 0.6 is 0 Å². The maximum atomic E-state index is 0. The zero-order valence-electron chi connectivity index (χ0n) is 2.51. The van der Waals surface area contributed by atoms with E-state index in [4.69, 9.17) is 0 Å². The van der Waals surface area contributed by atoms with Crippen LogP contribution in [0.1, 0.15) is 0 Å². The van der Waals surface area contributed by atoms with Gasteiger partial charge in [-0.15, -0.1) is 0 Å². The maximum absolute atomic E-state index is 0. The Bertz CT molecular complexity index is 7.51. The first-order chi connectivity index (χ1) is 0. The SMILES string of the molecule is [Cl-].[Cl-].[Cl-].[Cl-].[Ti].[Zr+4]. The van der Waals surface area contributed by atoms with E-state index >= 15 is 0 Å². The van der Waals surface area contributed by atoms with Gasteiger partial charge in [-0.05, 0) is 0 Å². The second-order valence-electron chi connectivity index (χ2n) is 0. The number of hydrogen-bond acceptors (Lipinski definition) is 0. The monoisotopic (exact) mass is 278 g/mol. The minimum absolute atomic E-state index is 0. The minimum atomic E-state index is 0. The fourth-order valence-corrected chi connectivity index (χ4v) is 0. The summed E-state index contributed by atoms with van der Waals surface area (Å²) < 4.78 is 0. The quantitative estimate of drug-likeness (QED) is 0.387. The summed E-state index contributed by atoms with van der Waals surface area (Å²) >= 11 is 0. The molecule has 0 nitrogen and oxygen atoms in total. The van der Waals surface area contributed by atoms with Crippen molar-refractivity contribution in [2.24, 2.45) is 0 Å². The molecule has 0 aromatic heterocycles. The molecule has 0 spiro atoms. The van der Waals surface area contributed by atoms with Gasteiger partial charge in [0.25, 0.3) is 0 Å². The molecule has 0 rings (SSSR count). The van der Waals surface area contributed by atoms with Crippen molar-refractivity contribution < 1.29 is 97.5 Å². The van der Waals surface area contributed by atoms with Crippen molar-refractivity contribution in [1.29, 1.82) is 0 Å². The zero-order valence-corrected chi connectivity index (χ0v) is 9.56. The van der Waals surface area contributed by atoms with Crippen molar-refractivity contribution in [2.75, 3.05) is 0 Å². The summed E-state index contributed by atoms with van der Waals surface area (Å²) in [5.74, 6) is 0. The summed E-state index contributed by atoms with van der Waals surface area (Å²) in [6.07, 6.45) is 0. The van der Waals surface area contributed by atoms with Gasteiger partial charge in [0.15, 0.2) is 0 Å². The van der Waals surface area contributed by atoms with E-state index in [9.17, 15) is 0 Å².